The number of hydrogen-bond acceptors (Lipinski definition) is 3. The van der Waals surface area contributed by atoms with Gasteiger partial charge >= 0.3 is 0 Å². The van der Waals surface area contributed by atoms with Crippen LogP contribution in [0.3, 0.4) is 0 Å². The van der Waals surface area contributed by atoms with Gasteiger partial charge in [0.1, 0.15) is 0 Å². The second-order valence-electron chi connectivity index (χ2n) is 5.11. The van der Waals surface area contributed by atoms with Crippen molar-refractivity contribution >= 4 is 5.78 Å². The van der Waals surface area contributed by atoms with Crippen LogP contribution in [0.4, 0.5) is 0 Å². The highest BCUT2D eigenvalue weighted by Crippen LogP contribution is 2.32. The van der Waals surface area contributed by atoms with Crippen molar-refractivity contribution in [3.63, 3.8) is 0 Å². The number of Topliss-reactive ketones (excluding diaryl/α,β-unsaturated/α-hetero) is 1. The van der Waals surface area contributed by atoms with E-state index in [0.717, 1.165) is 28.2 Å². The van der Waals surface area contributed by atoms with Crippen LogP contribution in [0.1, 0.15) is 27.0 Å². The zero-order valence-corrected chi connectivity index (χ0v) is 11.6. The summed E-state index contributed by atoms with van der Waals surface area (Å²) in [6.45, 7) is 4.25. The Morgan fingerprint density at radius 3 is 2.65 bits per heavy atom. The van der Waals surface area contributed by atoms with E-state index >= 15 is 0 Å². The number of ketones is 1. The maximum Gasteiger partial charge on any atom is 0.231 e. The van der Waals surface area contributed by atoms with Crippen LogP contribution < -0.4 is 9.47 Å². The van der Waals surface area contributed by atoms with E-state index in [4.69, 9.17) is 9.47 Å². The van der Waals surface area contributed by atoms with Crippen LogP contribution in [0.25, 0.3) is 0 Å². The van der Waals surface area contributed by atoms with Crippen LogP contribution >= 0.6 is 0 Å². The van der Waals surface area contributed by atoms with Crippen molar-refractivity contribution in [2.45, 2.75) is 20.3 Å². The predicted octanol–water partition coefficient (Wildman–Crippen LogP) is 3.46. The molecule has 0 amide bonds. The minimum Gasteiger partial charge on any atom is -0.454 e. The average Bonchev–Trinajstić information content (AvgIpc) is 2.85. The molecule has 0 saturated heterocycles. The number of aryl methyl sites for hydroxylation is 2. The summed E-state index contributed by atoms with van der Waals surface area (Å²) in [7, 11) is 0. The van der Waals surface area contributed by atoms with Gasteiger partial charge in [-0.25, -0.2) is 0 Å². The smallest absolute Gasteiger partial charge is 0.231 e. The van der Waals surface area contributed by atoms with E-state index in [1.165, 1.54) is 5.56 Å². The molecule has 0 spiro atoms. The lowest BCUT2D eigenvalue weighted by Crippen LogP contribution is -2.05. The molecule has 0 fully saturated rings. The molecule has 20 heavy (non-hydrogen) atoms. The maximum atomic E-state index is 12.4. The summed E-state index contributed by atoms with van der Waals surface area (Å²) in [5.74, 6) is 1.59. The lowest BCUT2D eigenvalue weighted by Gasteiger charge is -2.07. The van der Waals surface area contributed by atoms with Gasteiger partial charge in [-0.3, -0.25) is 4.79 Å². The molecule has 0 bridgehead atoms. The summed E-state index contributed by atoms with van der Waals surface area (Å²) in [6, 6.07) is 11.6. The molecule has 0 unspecified atom stereocenters. The molecular formula is C17H16O3. The number of ether oxygens (including phenoxy) is 2. The van der Waals surface area contributed by atoms with Crippen molar-refractivity contribution in [2.75, 3.05) is 6.79 Å². The number of rotatable bonds is 3. The normalized spacial score (nSPS) is 12.5. The van der Waals surface area contributed by atoms with E-state index < -0.39 is 0 Å². The zero-order valence-electron chi connectivity index (χ0n) is 11.6. The predicted molar refractivity (Wildman–Crippen MR) is 76.5 cm³/mol. The minimum absolute atomic E-state index is 0.126. The summed E-state index contributed by atoms with van der Waals surface area (Å²) >= 11 is 0. The Balaban J connectivity index is 1.82. The highest BCUT2D eigenvalue weighted by atomic mass is 16.7. The Kier molecular flexibility index (Phi) is 3.18. The van der Waals surface area contributed by atoms with E-state index in [1.54, 1.807) is 0 Å². The third-order valence-corrected chi connectivity index (χ3v) is 3.48. The van der Waals surface area contributed by atoms with Crippen LogP contribution in [0.2, 0.25) is 0 Å². The van der Waals surface area contributed by atoms with E-state index in [0.29, 0.717) is 6.42 Å². The standard InChI is InChI=1S/C17H16O3/c1-11-3-5-14(12(2)7-11)15(18)8-13-4-6-16-17(9-13)20-10-19-16/h3-7,9H,8,10H2,1-2H3. The minimum atomic E-state index is 0.126. The monoisotopic (exact) mass is 268 g/mol. The fraction of sp³-hybridized carbons (Fsp3) is 0.235. The van der Waals surface area contributed by atoms with Gasteiger partial charge in [0.2, 0.25) is 6.79 Å². The van der Waals surface area contributed by atoms with Crippen molar-refractivity contribution in [2.24, 2.45) is 0 Å². The molecule has 0 atom stereocenters. The first-order valence-corrected chi connectivity index (χ1v) is 6.62. The van der Waals surface area contributed by atoms with Crippen LogP contribution in [-0.2, 0) is 6.42 Å². The van der Waals surface area contributed by atoms with Gasteiger partial charge in [-0.15, -0.1) is 0 Å². The fourth-order valence-electron chi connectivity index (χ4n) is 2.46. The van der Waals surface area contributed by atoms with E-state index in [1.807, 2.05) is 50.2 Å². The number of hydrogen-bond donors (Lipinski definition) is 0. The third kappa shape index (κ3) is 2.39. The molecule has 3 rings (SSSR count). The largest absolute Gasteiger partial charge is 0.454 e. The Labute approximate surface area is 118 Å². The molecule has 3 heteroatoms. The highest BCUT2D eigenvalue weighted by molar-refractivity contribution is 5.98. The van der Waals surface area contributed by atoms with Crippen molar-refractivity contribution in [3.8, 4) is 11.5 Å². The molecule has 0 saturated carbocycles. The first kappa shape index (κ1) is 12.7. The molecule has 102 valence electrons. The van der Waals surface area contributed by atoms with Gasteiger partial charge < -0.3 is 9.47 Å². The Hall–Kier alpha value is -2.29. The molecular weight excluding hydrogens is 252 g/mol. The molecule has 0 aromatic heterocycles. The second-order valence-corrected chi connectivity index (χ2v) is 5.11. The molecule has 2 aromatic carbocycles. The van der Waals surface area contributed by atoms with Gasteiger partial charge in [0.15, 0.2) is 17.3 Å². The molecule has 2 aromatic rings. The topological polar surface area (TPSA) is 35.5 Å². The average molecular weight is 268 g/mol. The van der Waals surface area contributed by atoms with Crippen LogP contribution in [-0.4, -0.2) is 12.6 Å². The molecule has 1 aliphatic rings. The fourth-order valence-corrected chi connectivity index (χ4v) is 2.46. The van der Waals surface area contributed by atoms with Gasteiger partial charge in [0.25, 0.3) is 0 Å². The lowest BCUT2D eigenvalue weighted by atomic mass is 9.97. The molecule has 1 heterocycles. The first-order valence-electron chi connectivity index (χ1n) is 6.62. The zero-order chi connectivity index (χ0) is 14.1. The van der Waals surface area contributed by atoms with Gasteiger partial charge in [-0.2, -0.15) is 0 Å². The molecule has 3 nitrogen and oxygen atoms in total. The highest BCUT2D eigenvalue weighted by Gasteiger charge is 2.15. The van der Waals surface area contributed by atoms with Crippen molar-refractivity contribution in [1.29, 1.82) is 0 Å². The molecule has 0 N–H and O–H groups in total. The van der Waals surface area contributed by atoms with Crippen LogP contribution in [0, 0.1) is 13.8 Å². The van der Waals surface area contributed by atoms with Gasteiger partial charge in [-0.1, -0.05) is 29.8 Å². The Morgan fingerprint density at radius 2 is 1.85 bits per heavy atom. The number of fused-ring (bicyclic) bond motifs is 1. The maximum absolute atomic E-state index is 12.4. The van der Waals surface area contributed by atoms with E-state index in [-0.39, 0.29) is 12.6 Å². The summed E-state index contributed by atoms with van der Waals surface area (Å²) in [6.07, 6.45) is 0.376. The summed E-state index contributed by atoms with van der Waals surface area (Å²) in [4.78, 5) is 12.4. The molecule has 0 aliphatic carbocycles. The SMILES string of the molecule is Cc1ccc(C(=O)Cc2ccc3c(c2)OCO3)c(C)c1. The Morgan fingerprint density at radius 1 is 1.05 bits per heavy atom. The van der Waals surface area contributed by atoms with E-state index in [2.05, 4.69) is 0 Å². The van der Waals surface area contributed by atoms with Crippen molar-refractivity contribution in [3.05, 3.63) is 58.7 Å². The third-order valence-electron chi connectivity index (χ3n) is 3.48. The lowest BCUT2D eigenvalue weighted by molar-refractivity contribution is 0.0992. The van der Waals surface area contributed by atoms with Crippen molar-refractivity contribution in [1.82, 2.24) is 0 Å². The number of carbonyl (C=O) groups excluding carboxylic acids is 1. The van der Waals surface area contributed by atoms with Crippen molar-refractivity contribution < 1.29 is 14.3 Å². The number of benzene rings is 2. The van der Waals surface area contributed by atoms with Gasteiger partial charge in [0, 0.05) is 12.0 Å². The summed E-state index contributed by atoms with van der Waals surface area (Å²) in [5, 5.41) is 0. The quantitative estimate of drug-likeness (QED) is 0.800. The van der Waals surface area contributed by atoms with Crippen LogP contribution in [0.5, 0.6) is 11.5 Å². The van der Waals surface area contributed by atoms with Crippen LogP contribution in [0.15, 0.2) is 36.4 Å². The van der Waals surface area contributed by atoms with Gasteiger partial charge in [-0.05, 0) is 37.1 Å². The number of carbonyl (C=O) groups is 1. The Bertz CT molecular complexity index is 674. The first-order chi connectivity index (χ1) is 9.63. The van der Waals surface area contributed by atoms with Gasteiger partial charge in [0.05, 0.1) is 0 Å². The second kappa shape index (κ2) is 5.00. The molecule has 0 radical (unpaired) electrons. The summed E-state index contributed by atoms with van der Waals surface area (Å²) < 4.78 is 10.6. The van der Waals surface area contributed by atoms with E-state index in [9.17, 15) is 4.79 Å². The molecule has 1 aliphatic heterocycles. The summed E-state index contributed by atoms with van der Waals surface area (Å²) in [5.41, 5.74) is 3.92.